The molecular formula is C22H21N9O2. The number of nitrogens with one attached hydrogen (secondary N) is 2. The summed E-state index contributed by atoms with van der Waals surface area (Å²) in [6, 6.07) is 12.2. The number of hydrogen-bond donors (Lipinski definition) is 2. The van der Waals surface area contributed by atoms with Crippen molar-refractivity contribution in [2.45, 2.75) is 0 Å². The van der Waals surface area contributed by atoms with Gasteiger partial charge in [-0.1, -0.05) is 0 Å². The molecule has 33 heavy (non-hydrogen) atoms. The van der Waals surface area contributed by atoms with Crippen LogP contribution in [0.2, 0.25) is 0 Å². The van der Waals surface area contributed by atoms with Gasteiger partial charge in [-0.25, -0.2) is 9.48 Å². The van der Waals surface area contributed by atoms with Crippen LogP contribution in [0.1, 0.15) is 0 Å². The second-order valence-corrected chi connectivity index (χ2v) is 7.20. The first-order chi connectivity index (χ1) is 16.2. The van der Waals surface area contributed by atoms with Gasteiger partial charge in [-0.05, 0) is 42.5 Å². The summed E-state index contributed by atoms with van der Waals surface area (Å²) in [6.45, 7) is 2.66. The molecule has 1 aromatic carbocycles. The third-order valence-electron chi connectivity index (χ3n) is 4.95. The third kappa shape index (κ3) is 4.93. The van der Waals surface area contributed by atoms with Crippen LogP contribution in [-0.2, 0) is 4.74 Å². The number of benzene rings is 1. The molecule has 0 aliphatic carbocycles. The molecule has 0 atom stereocenters. The van der Waals surface area contributed by atoms with E-state index in [4.69, 9.17) is 4.74 Å². The molecule has 1 fully saturated rings. The zero-order valence-electron chi connectivity index (χ0n) is 17.6. The number of aromatic nitrogens is 6. The molecule has 1 aliphatic heterocycles. The molecule has 11 heteroatoms. The average molecular weight is 443 g/mol. The molecule has 1 aliphatic rings. The minimum atomic E-state index is -0.343. The quantitative estimate of drug-likeness (QED) is 0.483. The summed E-state index contributed by atoms with van der Waals surface area (Å²) in [6.07, 6.45) is 6.69. The van der Waals surface area contributed by atoms with Crippen molar-refractivity contribution in [2.75, 3.05) is 41.8 Å². The van der Waals surface area contributed by atoms with Gasteiger partial charge in [0.25, 0.3) is 5.95 Å². The average Bonchev–Trinajstić information content (AvgIpc) is 3.41. The molecule has 0 spiro atoms. The fourth-order valence-corrected chi connectivity index (χ4v) is 3.31. The maximum atomic E-state index is 12.2. The Labute approximate surface area is 189 Å². The number of hydrogen-bond acceptors (Lipinski definition) is 8. The third-order valence-corrected chi connectivity index (χ3v) is 4.95. The van der Waals surface area contributed by atoms with Crippen molar-refractivity contribution in [3.05, 3.63) is 67.3 Å². The van der Waals surface area contributed by atoms with Crippen LogP contribution in [-0.4, -0.2) is 62.1 Å². The Bertz CT molecular complexity index is 1210. The molecule has 0 bridgehead atoms. The highest BCUT2D eigenvalue weighted by Crippen LogP contribution is 2.22. The number of ether oxygens (including phenoxy) is 1. The number of anilines is 3. The van der Waals surface area contributed by atoms with Crippen molar-refractivity contribution in [3.63, 3.8) is 0 Å². The fourth-order valence-electron chi connectivity index (χ4n) is 3.31. The molecule has 5 rings (SSSR count). The van der Waals surface area contributed by atoms with Crippen LogP contribution in [0.5, 0.6) is 0 Å². The van der Waals surface area contributed by atoms with E-state index < -0.39 is 0 Å². The number of morpholine rings is 1. The Morgan fingerprint density at radius 3 is 2.24 bits per heavy atom. The van der Waals surface area contributed by atoms with Crippen molar-refractivity contribution >= 4 is 23.4 Å². The molecule has 166 valence electrons. The van der Waals surface area contributed by atoms with Crippen LogP contribution < -0.4 is 15.5 Å². The number of amides is 2. The van der Waals surface area contributed by atoms with E-state index in [1.807, 2.05) is 18.2 Å². The first-order valence-electron chi connectivity index (χ1n) is 10.4. The summed E-state index contributed by atoms with van der Waals surface area (Å²) in [7, 11) is 0. The summed E-state index contributed by atoms with van der Waals surface area (Å²) in [5.74, 6) is 1.53. The Morgan fingerprint density at radius 2 is 1.55 bits per heavy atom. The smallest absolute Gasteiger partial charge is 0.323 e. The van der Waals surface area contributed by atoms with E-state index in [2.05, 4.69) is 40.6 Å². The number of nitrogens with zero attached hydrogens (tertiary/aromatic N) is 7. The van der Waals surface area contributed by atoms with Gasteiger partial charge in [0, 0.05) is 54.8 Å². The van der Waals surface area contributed by atoms with Gasteiger partial charge in [-0.15, -0.1) is 0 Å². The Kier molecular flexibility index (Phi) is 5.85. The molecule has 4 aromatic rings. The van der Waals surface area contributed by atoms with E-state index in [1.165, 1.54) is 0 Å². The fraction of sp³-hybridized carbons (Fsp3) is 0.182. The first kappa shape index (κ1) is 20.5. The summed E-state index contributed by atoms with van der Waals surface area (Å²) < 4.78 is 7.05. The zero-order valence-corrected chi connectivity index (χ0v) is 17.6. The first-order valence-corrected chi connectivity index (χ1v) is 10.4. The number of pyridine rings is 1. The van der Waals surface area contributed by atoms with Crippen molar-refractivity contribution in [1.29, 1.82) is 0 Å². The molecule has 1 saturated heterocycles. The van der Waals surface area contributed by atoms with Crippen molar-refractivity contribution in [1.82, 2.24) is 29.7 Å². The summed E-state index contributed by atoms with van der Waals surface area (Å²) in [4.78, 5) is 32.1. The maximum absolute atomic E-state index is 12.2. The van der Waals surface area contributed by atoms with Gasteiger partial charge in [0.2, 0.25) is 5.95 Å². The molecule has 3 aromatic heterocycles. The van der Waals surface area contributed by atoms with Gasteiger partial charge in [0.1, 0.15) is 0 Å². The minimum Gasteiger partial charge on any atom is -0.378 e. The van der Waals surface area contributed by atoms with Crippen LogP contribution in [0.25, 0.3) is 17.3 Å². The summed E-state index contributed by atoms with van der Waals surface area (Å²) in [5.41, 5.74) is 2.09. The lowest BCUT2D eigenvalue weighted by atomic mass is 10.2. The predicted molar refractivity (Wildman–Crippen MR) is 122 cm³/mol. The lowest BCUT2D eigenvalue weighted by Gasteiger charge is -2.27. The molecule has 2 N–H and O–H groups in total. The number of carbonyl (C=O) groups is 1. The van der Waals surface area contributed by atoms with Crippen molar-refractivity contribution in [2.24, 2.45) is 0 Å². The zero-order chi connectivity index (χ0) is 22.5. The van der Waals surface area contributed by atoms with Gasteiger partial charge in [-0.3, -0.25) is 4.98 Å². The lowest BCUT2D eigenvalue weighted by molar-refractivity contribution is 0.122. The standard InChI is InChI=1S/C22H21N9O2/c32-22(26-18-6-9-23-10-7-18)25-17-4-2-16(3-5-17)19-27-20(30-12-14-33-15-13-30)29-21(28-19)31-11-1-8-24-31/h1-11H,12-15H2,(H2,23,25,26,32). The van der Waals surface area contributed by atoms with E-state index in [-0.39, 0.29) is 6.03 Å². The molecule has 0 saturated carbocycles. The molecule has 2 amide bonds. The van der Waals surface area contributed by atoms with Crippen molar-refractivity contribution in [3.8, 4) is 17.3 Å². The highest BCUT2D eigenvalue weighted by Gasteiger charge is 2.18. The maximum Gasteiger partial charge on any atom is 0.323 e. The predicted octanol–water partition coefficient (Wildman–Crippen LogP) is 2.60. The van der Waals surface area contributed by atoms with Gasteiger partial charge in [-0.2, -0.15) is 20.1 Å². The van der Waals surface area contributed by atoms with Crippen LogP contribution in [0.15, 0.2) is 67.3 Å². The van der Waals surface area contributed by atoms with E-state index in [0.29, 0.717) is 55.4 Å². The molecule has 4 heterocycles. The van der Waals surface area contributed by atoms with Gasteiger partial charge in [0.15, 0.2) is 5.82 Å². The van der Waals surface area contributed by atoms with Crippen molar-refractivity contribution < 1.29 is 9.53 Å². The molecule has 0 radical (unpaired) electrons. The minimum absolute atomic E-state index is 0.343. The van der Waals surface area contributed by atoms with Crippen LogP contribution >= 0.6 is 0 Å². The Morgan fingerprint density at radius 1 is 0.848 bits per heavy atom. The number of carbonyl (C=O) groups excluding carboxylic acids is 1. The molecule has 0 unspecified atom stereocenters. The highest BCUT2D eigenvalue weighted by atomic mass is 16.5. The van der Waals surface area contributed by atoms with Gasteiger partial charge in [0.05, 0.1) is 13.2 Å². The Balaban J connectivity index is 1.37. The summed E-state index contributed by atoms with van der Waals surface area (Å²) in [5, 5.41) is 9.81. The van der Waals surface area contributed by atoms with Crippen LogP contribution in [0.3, 0.4) is 0 Å². The SMILES string of the molecule is O=C(Nc1ccncc1)Nc1ccc(-c2nc(N3CCOCC3)nc(-n3cccn3)n2)cc1. The molecule has 11 nitrogen and oxygen atoms in total. The second kappa shape index (κ2) is 9.40. The number of rotatable bonds is 5. The van der Waals surface area contributed by atoms with Gasteiger partial charge >= 0.3 is 6.03 Å². The Hall–Kier alpha value is -4.38. The van der Waals surface area contributed by atoms with E-state index in [9.17, 15) is 4.79 Å². The normalized spacial score (nSPS) is 13.5. The molecular weight excluding hydrogens is 422 g/mol. The topological polar surface area (TPSA) is 123 Å². The van der Waals surface area contributed by atoms with E-state index in [1.54, 1.807) is 53.7 Å². The lowest BCUT2D eigenvalue weighted by Crippen LogP contribution is -2.37. The largest absolute Gasteiger partial charge is 0.378 e. The second-order valence-electron chi connectivity index (χ2n) is 7.20. The summed E-state index contributed by atoms with van der Waals surface area (Å²) >= 11 is 0. The van der Waals surface area contributed by atoms with E-state index >= 15 is 0 Å². The van der Waals surface area contributed by atoms with Crippen LogP contribution in [0.4, 0.5) is 22.1 Å². The van der Waals surface area contributed by atoms with Gasteiger partial charge < -0.3 is 20.3 Å². The highest BCUT2D eigenvalue weighted by molar-refractivity contribution is 5.99. The monoisotopic (exact) mass is 443 g/mol. The van der Waals surface area contributed by atoms with Crippen LogP contribution in [0, 0.1) is 0 Å². The van der Waals surface area contributed by atoms with E-state index in [0.717, 1.165) is 5.56 Å². The number of urea groups is 1.